The number of nitrogens with one attached hydrogen (secondary N) is 2. The molecule has 0 spiro atoms. The first-order chi connectivity index (χ1) is 10.3. The molecule has 112 valence electrons. The molecule has 1 heterocycles. The SMILES string of the molecule is CCC1CCCCC1Nc1ccccc1-c1n[nH]c(C)n1. The van der Waals surface area contributed by atoms with Gasteiger partial charge in [-0.15, -0.1) is 0 Å². The van der Waals surface area contributed by atoms with Gasteiger partial charge < -0.3 is 5.32 Å². The fourth-order valence-corrected chi connectivity index (χ4v) is 3.35. The van der Waals surface area contributed by atoms with Crippen LogP contribution in [0.1, 0.15) is 44.9 Å². The second-order valence-electron chi connectivity index (χ2n) is 5.99. The predicted octanol–water partition coefficient (Wildman–Crippen LogP) is 4.16. The van der Waals surface area contributed by atoms with Gasteiger partial charge in [-0.3, -0.25) is 5.10 Å². The van der Waals surface area contributed by atoms with E-state index < -0.39 is 0 Å². The van der Waals surface area contributed by atoms with E-state index in [0.29, 0.717) is 6.04 Å². The van der Waals surface area contributed by atoms with Gasteiger partial charge in [0.15, 0.2) is 5.82 Å². The van der Waals surface area contributed by atoms with Crippen molar-refractivity contribution in [1.82, 2.24) is 15.2 Å². The highest BCUT2D eigenvalue weighted by Crippen LogP contribution is 2.32. The van der Waals surface area contributed by atoms with Crippen molar-refractivity contribution in [2.24, 2.45) is 5.92 Å². The molecule has 1 aliphatic rings. The summed E-state index contributed by atoms with van der Waals surface area (Å²) in [7, 11) is 0. The van der Waals surface area contributed by atoms with E-state index in [1.165, 1.54) is 32.1 Å². The van der Waals surface area contributed by atoms with Gasteiger partial charge in [0.25, 0.3) is 0 Å². The third kappa shape index (κ3) is 3.09. The molecule has 2 aromatic rings. The summed E-state index contributed by atoms with van der Waals surface area (Å²) in [6.45, 7) is 4.23. The number of nitrogens with zero attached hydrogens (tertiary/aromatic N) is 2. The quantitative estimate of drug-likeness (QED) is 0.886. The van der Waals surface area contributed by atoms with Gasteiger partial charge >= 0.3 is 0 Å². The molecule has 2 N–H and O–H groups in total. The average Bonchev–Trinajstić information content (AvgIpc) is 2.95. The number of para-hydroxylation sites is 1. The molecule has 2 atom stereocenters. The van der Waals surface area contributed by atoms with Gasteiger partial charge in [-0.25, -0.2) is 4.98 Å². The van der Waals surface area contributed by atoms with E-state index in [-0.39, 0.29) is 0 Å². The number of hydrogen-bond acceptors (Lipinski definition) is 3. The molecule has 0 saturated heterocycles. The summed E-state index contributed by atoms with van der Waals surface area (Å²) in [5, 5.41) is 11.0. The van der Waals surface area contributed by atoms with Gasteiger partial charge in [-0.2, -0.15) is 5.10 Å². The zero-order valence-electron chi connectivity index (χ0n) is 12.9. The highest BCUT2D eigenvalue weighted by molar-refractivity contribution is 5.73. The maximum Gasteiger partial charge on any atom is 0.183 e. The van der Waals surface area contributed by atoms with E-state index in [2.05, 4.69) is 45.6 Å². The predicted molar refractivity (Wildman–Crippen MR) is 86.2 cm³/mol. The van der Waals surface area contributed by atoms with Crippen LogP contribution < -0.4 is 5.32 Å². The molecular weight excluding hydrogens is 260 g/mol. The van der Waals surface area contributed by atoms with Gasteiger partial charge in [0.1, 0.15) is 5.82 Å². The fraction of sp³-hybridized carbons (Fsp3) is 0.529. The standard InChI is InChI=1S/C17H24N4/c1-3-13-8-4-6-10-15(13)19-16-11-7-5-9-14(16)17-18-12(2)20-21-17/h5,7,9,11,13,15,19H,3-4,6,8,10H2,1-2H3,(H,18,20,21). The highest BCUT2D eigenvalue weighted by atomic mass is 15.2. The van der Waals surface area contributed by atoms with Crippen molar-refractivity contribution in [3.8, 4) is 11.4 Å². The molecule has 1 aliphatic carbocycles. The molecule has 0 amide bonds. The van der Waals surface area contributed by atoms with E-state index >= 15 is 0 Å². The lowest BCUT2D eigenvalue weighted by Gasteiger charge is -2.32. The van der Waals surface area contributed by atoms with E-state index in [0.717, 1.165) is 28.8 Å². The van der Waals surface area contributed by atoms with Crippen molar-refractivity contribution >= 4 is 5.69 Å². The van der Waals surface area contributed by atoms with Crippen LogP contribution in [0.25, 0.3) is 11.4 Å². The fourth-order valence-electron chi connectivity index (χ4n) is 3.35. The van der Waals surface area contributed by atoms with Crippen LogP contribution in [0.3, 0.4) is 0 Å². The summed E-state index contributed by atoms with van der Waals surface area (Å²) in [5.74, 6) is 2.41. The molecule has 0 bridgehead atoms. The summed E-state index contributed by atoms with van der Waals surface area (Å²) in [6.07, 6.45) is 6.56. The Kier molecular flexibility index (Phi) is 4.23. The number of rotatable bonds is 4. The van der Waals surface area contributed by atoms with Crippen molar-refractivity contribution in [3.63, 3.8) is 0 Å². The van der Waals surface area contributed by atoms with Crippen LogP contribution in [0, 0.1) is 12.8 Å². The molecule has 1 fully saturated rings. The normalized spacial score (nSPS) is 22.2. The van der Waals surface area contributed by atoms with Crippen molar-refractivity contribution in [3.05, 3.63) is 30.1 Å². The number of benzene rings is 1. The molecule has 1 saturated carbocycles. The van der Waals surface area contributed by atoms with Crippen LogP contribution in [0.4, 0.5) is 5.69 Å². The largest absolute Gasteiger partial charge is 0.381 e. The molecule has 4 heteroatoms. The summed E-state index contributed by atoms with van der Waals surface area (Å²) in [4.78, 5) is 4.47. The molecule has 4 nitrogen and oxygen atoms in total. The zero-order chi connectivity index (χ0) is 14.7. The smallest absolute Gasteiger partial charge is 0.183 e. The van der Waals surface area contributed by atoms with Crippen LogP contribution >= 0.6 is 0 Å². The van der Waals surface area contributed by atoms with Gasteiger partial charge in [-0.1, -0.05) is 38.3 Å². The first kappa shape index (κ1) is 14.1. The Bertz CT molecular complexity index is 590. The molecule has 3 rings (SSSR count). The lowest BCUT2D eigenvalue weighted by atomic mass is 9.82. The molecule has 0 aliphatic heterocycles. The van der Waals surface area contributed by atoms with Crippen molar-refractivity contribution in [2.45, 2.75) is 52.0 Å². The number of aromatic amines is 1. The first-order valence-electron chi connectivity index (χ1n) is 8.03. The Morgan fingerprint density at radius 3 is 2.81 bits per heavy atom. The van der Waals surface area contributed by atoms with Crippen molar-refractivity contribution < 1.29 is 0 Å². The second kappa shape index (κ2) is 6.29. The number of aryl methyl sites for hydroxylation is 1. The minimum atomic E-state index is 0.574. The first-order valence-corrected chi connectivity index (χ1v) is 8.03. The summed E-state index contributed by atoms with van der Waals surface area (Å²) in [6, 6.07) is 8.93. The average molecular weight is 284 g/mol. The van der Waals surface area contributed by atoms with Crippen molar-refractivity contribution in [1.29, 1.82) is 0 Å². The Morgan fingerprint density at radius 2 is 2.05 bits per heavy atom. The van der Waals surface area contributed by atoms with E-state index in [1.807, 2.05) is 13.0 Å². The zero-order valence-corrected chi connectivity index (χ0v) is 12.9. The lowest BCUT2D eigenvalue weighted by molar-refractivity contribution is 0.317. The van der Waals surface area contributed by atoms with Gasteiger partial charge in [0.2, 0.25) is 0 Å². The van der Waals surface area contributed by atoms with Crippen LogP contribution in [0.2, 0.25) is 0 Å². The Labute approximate surface area is 126 Å². The van der Waals surface area contributed by atoms with Crippen molar-refractivity contribution in [2.75, 3.05) is 5.32 Å². The Hall–Kier alpha value is -1.84. The number of hydrogen-bond donors (Lipinski definition) is 2. The third-order valence-corrected chi connectivity index (χ3v) is 4.54. The molecule has 21 heavy (non-hydrogen) atoms. The lowest BCUT2D eigenvalue weighted by Crippen LogP contribution is -2.32. The number of aromatic nitrogens is 3. The molecular formula is C17H24N4. The number of anilines is 1. The number of H-pyrrole nitrogens is 1. The summed E-state index contributed by atoms with van der Waals surface area (Å²) in [5.41, 5.74) is 2.24. The summed E-state index contributed by atoms with van der Waals surface area (Å²) < 4.78 is 0. The molecule has 2 unspecified atom stereocenters. The topological polar surface area (TPSA) is 53.6 Å². The third-order valence-electron chi connectivity index (χ3n) is 4.54. The van der Waals surface area contributed by atoms with Crippen LogP contribution in [0.5, 0.6) is 0 Å². The summed E-state index contributed by atoms with van der Waals surface area (Å²) >= 11 is 0. The monoisotopic (exact) mass is 284 g/mol. The second-order valence-corrected chi connectivity index (χ2v) is 5.99. The molecule has 1 aromatic heterocycles. The minimum Gasteiger partial charge on any atom is -0.381 e. The molecule has 1 aromatic carbocycles. The van der Waals surface area contributed by atoms with E-state index in [1.54, 1.807) is 0 Å². The van der Waals surface area contributed by atoms with Crippen LogP contribution in [-0.4, -0.2) is 21.2 Å². The maximum atomic E-state index is 4.47. The van der Waals surface area contributed by atoms with E-state index in [4.69, 9.17) is 0 Å². The maximum absolute atomic E-state index is 4.47. The van der Waals surface area contributed by atoms with Gasteiger partial charge in [-0.05, 0) is 37.8 Å². The molecule has 0 radical (unpaired) electrons. The Morgan fingerprint density at radius 1 is 1.24 bits per heavy atom. The van der Waals surface area contributed by atoms with Gasteiger partial charge in [0.05, 0.1) is 0 Å². The minimum absolute atomic E-state index is 0.574. The van der Waals surface area contributed by atoms with Gasteiger partial charge in [0, 0.05) is 17.3 Å². The Balaban J connectivity index is 1.85. The van der Waals surface area contributed by atoms with Crippen LogP contribution in [-0.2, 0) is 0 Å². The highest BCUT2D eigenvalue weighted by Gasteiger charge is 2.24. The van der Waals surface area contributed by atoms with Crippen LogP contribution in [0.15, 0.2) is 24.3 Å². The van der Waals surface area contributed by atoms with E-state index in [9.17, 15) is 0 Å².